The first kappa shape index (κ1) is 17.6. The second-order valence-electron chi connectivity index (χ2n) is 6.91. The van der Waals surface area contributed by atoms with E-state index in [9.17, 15) is 9.90 Å². The number of rotatable bonds is 5. The van der Waals surface area contributed by atoms with E-state index in [1.165, 1.54) is 10.4 Å². The van der Waals surface area contributed by atoms with Crippen LogP contribution in [-0.2, 0) is 6.54 Å². The van der Waals surface area contributed by atoms with E-state index in [1.54, 1.807) is 28.1 Å². The van der Waals surface area contributed by atoms with Gasteiger partial charge < -0.3 is 15.4 Å². The first-order chi connectivity index (χ1) is 14.1. The van der Waals surface area contributed by atoms with Crippen LogP contribution in [0.1, 0.15) is 29.0 Å². The second-order valence-corrected chi connectivity index (χ2v) is 7.91. The molecule has 0 atom stereocenters. The van der Waals surface area contributed by atoms with Gasteiger partial charge in [-0.15, -0.1) is 11.3 Å². The quantitative estimate of drug-likeness (QED) is 0.377. The zero-order valence-corrected chi connectivity index (χ0v) is 16.3. The number of nitrogens with one attached hydrogen (secondary N) is 3. The van der Waals surface area contributed by atoms with Crippen molar-refractivity contribution < 1.29 is 5.11 Å². The van der Waals surface area contributed by atoms with E-state index in [0.29, 0.717) is 29.0 Å². The van der Waals surface area contributed by atoms with Gasteiger partial charge in [-0.3, -0.25) is 4.98 Å². The number of anilines is 1. The van der Waals surface area contributed by atoms with Gasteiger partial charge in [0.15, 0.2) is 5.65 Å². The molecule has 0 radical (unpaired) electrons. The van der Waals surface area contributed by atoms with Crippen LogP contribution in [0.3, 0.4) is 0 Å². The molecule has 10 nitrogen and oxygen atoms in total. The molecule has 0 saturated heterocycles. The zero-order valence-electron chi connectivity index (χ0n) is 15.5. The Bertz CT molecular complexity index is 1370. The minimum absolute atomic E-state index is 0.238. The van der Waals surface area contributed by atoms with Crippen molar-refractivity contribution in [2.24, 2.45) is 4.99 Å². The fraction of sp³-hybridized carbons (Fsp3) is 0.278. The summed E-state index contributed by atoms with van der Waals surface area (Å²) in [5, 5.41) is 20.2. The minimum atomic E-state index is -0.488. The van der Waals surface area contributed by atoms with Crippen LogP contribution in [0.15, 0.2) is 27.4 Å². The zero-order chi connectivity index (χ0) is 20.0. The Hall–Kier alpha value is -3.47. The highest BCUT2D eigenvalue weighted by atomic mass is 32.1. The highest BCUT2D eigenvalue weighted by Crippen LogP contribution is 2.22. The summed E-state index contributed by atoms with van der Waals surface area (Å²) in [4.78, 5) is 31.2. The molecular formula is C18H18N8O2S. The molecule has 29 heavy (non-hydrogen) atoms. The lowest BCUT2D eigenvalue weighted by atomic mass is 10.3. The molecule has 1 aliphatic carbocycles. The number of hydrogen-bond donors (Lipinski definition) is 4. The van der Waals surface area contributed by atoms with Crippen LogP contribution >= 0.6 is 11.3 Å². The molecule has 0 aliphatic heterocycles. The molecule has 1 saturated carbocycles. The highest BCUT2D eigenvalue weighted by Gasteiger charge is 2.21. The van der Waals surface area contributed by atoms with Crippen LogP contribution in [0, 0.1) is 6.92 Å². The largest absolute Gasteiger partial charge is 0.493 e. The molecule has 4 N–H and O–H groups in total. The standard InChI is InChI=1S/C18H18N8O2S/c1-9-4-5-29-13(9)8-19-16-23-14-10(6-12-15(27)24-18(28)22-12)7-20-26(14)17(25-16)21-11-2-3-11/h4-7,11,27H,2-3,8H2,1H3,(H,19,21,25)(H2,22,24,28)/b10-6+. The van der Waals surface area contributed by atoms with Crippen LogP contribution < -0.4 is 21.8 Å². The monoisotopic (exact) mass is 410 g/mol. The van der Waals surface area contributed by atoms with Crippen molar-refractivity contribution in [1.29, 1.82) is 0 Å². The van der Waals surface area contributed by atoms with Crippen molar-refractivity contribution in [3.05, 3.63) is 55.1 Å². The van der Waals surface area contributed by atoms with E-state index in [0.717, 1.165) is 12.8 Å². The summed E-state index contributed by atoms with van der Waals surface area (Å²) >= 11 is 1.68. The van der Waals surface area contributed by atoms with Gasteiger partial charge in [-0.05, 0) is 42.9 Å². The summed E-state index contributed by atoms with van der Waals surface area (Å²) in [7, 11) is 0. The van der Waals surface area contributed by atoms with Crippen molar-refractivity contribution in [2.45, 2.75) is 32.4 Å². The lowest BCUT2D eigenvalue weighted by molar-refractivity contribution is 0.454. The number of imidazole rings is 1. The Morgan fingerprint density at radius 2 is 2.28 bits per heavy atom. The van der Waals surface area contributed by atoms with Gasteiger partial charge in [-0.25, -0.2) is 9.79 Å². The van der Waals surface area contributed by atoms with E-state index in [2.05, 4.69) is 53.7 Å². The van der Waals surface area contributed by atoms with Crippen molar-refractivity contribution in [3.63, 3.8) is 0 Å². The molecule has 0 bridgehead atoms. The number of hydrogen-bond acceptors (Lipinski definition) is 8. The van der Waals surface area contributed by atoms with Gasteiger partial charge >= 0.3 is 5.69 Å². The molecule has 1 aliphatic rings. The number of aromatic hydroxyl groups is 1. The molecule has 0 unspecified atom stereocenters. The SMILES string of the molecule is Cc1ccsc1CNc1nc(=NC2CC2)n2nc/c(=C\c3[nH]c(=O)[nH]c3O)c2n1. The van der Waals surface area contributed by atoms with E-state index in [4.69, 9.17) is 0 Å². The second kappa shape index (κ2) is 6.85. The number of thiophene rings is 1. The topological polar surface area (TPSA) is 136 Å². The summed E-state index contributed by atoms with van der Waals surface area (Å²) in [5.41, 5.74) is 2.00. The minimum Gasteiger partial charge on any atom is -0.493 e. The predicted molar refractivity (Wildman–Crippen MR) is 108 cm³/mol. The summed E-state index contributed by atoms with van der Waals surface area (Å²) < 4.78 is 1.58. The third-order valence-corrected chi connectivity index (χ3v) is 5.66. The predicted octanol–water partition coefficient (Wildman–Crippen LogP) is 0.439. The fourth-order valence-corrected chi connectivity index (χ4v) is 3.75. The van der Waals surface area contributed by atoms with Crippen molar-refractivity contribution in [1.82, 2.24) is 29.5 Å². The molecule has 0 spiro atoms. The number of aryl methyl sites for hydroxylation is 1. The Morgan fingerprint density at radius 3 is 2.97 bits per heavy atom. The van der Waals surface area contributed by atoms with E-state index in [1.807, 2.05) is 0 Å². The van der Waals surface area contributed by atoms with E-state index in [-0.39, 0.29) is 17.6 Å². The Morgan fingerprint density at radius 1 is 1.41 bits per heavy atom. The number of nitrogens with zero attached hydrogens (tertiary/aromatic N) is 5. The molecule has 1 fully saturated rings. The maximum absolute atomic E-state index is 11.4. The highest BCUT2D eigenvalue weighted by molar-refractivity contribution is 7.10. The molecule has 4 aromatic rings. The summed E-state index contributed by atoms with van der Waals surface area (Å²) in [6.07, 6.45) is 5.30. The Kier molecular flexibility index (Phi) is 4.16. The smallest absolute Gasteiger partial charge is 0.326 e. The van der Waals surface area contributed by atoms with Gasteiger partial charge in [-0.1, -0.05) is 0 Å². The summed E-state index contributed by atoms with van der Waals surface area (Å²) in [6.45, 7) is 2.68. The molecule has 4 aromatic heterocycles. The third kappa shape index (κ3) is 3.51. The van der Waals surface area contributed by atoms with E-state index < -0.39 is 5.69 Å². The van der Waals surface area contributed by atoms with Crippen LogP contribution in [-0.4, -0.2) is 40.7 Å². The van der Waals surface area contributed by atoms with Crippen molar-refractivity contribution in [3.8, 4) is 5.88 Å². The normalized spacial score (nSPS) is 15.5. The summed E-state index contributed by atoms with van der Waals surface area (Å²) in [5.74, 6) is 0.212. The van der Waals surface area contributed by atoms with Gasteiger partial charge in [0, 0.05) is 10.1 Å². The number of H-pyrrole nitrogens is 2. The van der Waals surface area contributed by atoms with Crippen LogP contribution in [0.4, 0.5) is 5.95 Å². The van der Waals surface area contributed by atoms with Gasteiger partial charge in [0.1, 0.15) is 5.69 Å². The molecule has 4 heterocycles. The average molecular weight is 410 g/mol. The number of fused-ring (bicyclic) bond motifs is 1. The Balaban J connectivity index is 1.62. The third-order valence-electron chi connectivity index (χ3n) is 4.63. The maximum atomic E-state index is 11.4. The maximum Gasteiger partial charge on any atom is 0.326 e. The molecule has 148 valence electrons. The molecule has 11 heteroatoms. The first-order valence-electron chi connectivity index (χ1n) is 9.16. The lowest BCUT2D eigenvalue weighted by Crippen LogP contribution is -2.24. The lowest BCUT2D eigenvalue weighted by Gasteiger charge is -2.05. The van der Waals surface area contributed by atoms with Crippen LogP contribution in [0.5, 0.6) is 5.88 Å². The average Bonchev–Trinajstić information content (AvgIpc) is 3.11. The first-order valence-corrected chi connectivity index (χ1v) is 10.0. The molecule has 5 rings (SSSR count). The van der Waals surface area contributed by atoms with Crippen molar-refractivity contribution >= 4 is 29.0 Å². The van der Waals surface area contributed by atoms with Gasteiger partial charge in [0.05, 0.1) is 18.8 Å². The van der Waals surface area contributed by atoms with Gasteiger partial charge in [0.25, 0.3) is 5.62 Å². The number of aromatic nitrogens is 6. The number of aromatic amines is 2. The molecule has 0 aromatic carbocycles. The summed E-state index contributed by atoms with van der Waals surface area (Å²) in [6, 6.07) is 2.34. The Labute approximate surface area is 167 Å². The van der Waals surface area contributed by atoms with Crippen molar-refractivity contribution in [2.75, 3.05) is 5.32 Å². The van der Waals surface area contributed by atoms with Crippen LogP contribution in [0.2, 0.25) is 0 Å². The van der Waals surface area contributed by atoms with Gasteiger partial charge in [0.2, 0.25) is 11.8 Å². The fourth-order valence-electron chi connectivity index (χ4n) is 2.90. The van der Waals surface area contributed by atoms with E-state index >= 15 is 0 Å². The van der Waals surface area contributed by atoms with Gasteiger partial charge in [-0.2, -0.15) is 19.6 Å². The molecule has 0 amide bonds. The van der Waals surface area contributed by atoms with Crippen LogP contribution in [0.25, 0.3) is 11.7 Å². The molecular weight excluding hydrogens is 392 g/mol.